The van der Waals surface area contributed by atoms with Crippen molar-refractivity contribution >= 4 is 16.9 Å². The number of rotatable bonds is 1. The number of thioether (sulfide) groups is 1. The van der Waals surface area contributed by atoms with Crippen molar-refractivity contribution in [1.82, 2.24) is 5.32 Å². The van der Waals surface area contributed by atoms with Gasteiger partial charge in [0.1, 0.15) is 0 Å². The predicted molar refractivity (Wildman–Crippen MR) is 72.6 cm³/mol. The van der Waals surface area contributed by atoms with Crippen LogP contribution < -0.4 is 5.32 Å². The fourth-order valence-corrected chi connectivity index (χ4v) is 4.35. The summed E-state index contributed by atoms with van der Waals surface area (Å²) in [6.07, 6.45) is 6.19. The summed E-state index contributed by atoms with van der Waals surface area (Å²) in [6.45, 7) is 4.15. The van der Waals surface area contributed by atoms with Crippen molar-refractivity contribution in [1.29, 1.82) is 0 Å². The van der Waals surface area contributed by atoms with Crippen molar-refractivity contribution in [3.05, 3.63) is 0 Å². The molecule has 2 heterocycles. The second kappa shape index (κ2) is 4.81. The summed E-state index contributed by atoms with van der Waals surface area (Å²) in [5.74, 6) is 2.05. The molecule has 2 aliphatic heterocycles. The van der Waals surface area contributed by atoms with Crippen LogP contribution in [-0.2, 0) is 4.74 Å². The number of aliphatic imine (C=N–C) groups is 1. The minimum atomic E-state index is 0.298. The average Bonchev–Trinajstić information content (AvgIpc) is 2.89. The number of hydrogen-bond donors (Lipinski definition) is 1. The molecule has 96 valence electrons. The van der Waals surface area contributed by atoms with Crippen LogP contribution in [0.4, 0.5) is 0 Å². The topological polar surface area (TPSA) is 33.6 Å². The van der Waals surface area contributed by atoms with Crippen molar-refractivity contribution in [3.8, 4) is 0 Å². The van der Waals surface area contributed by atoms with Gasteiger partial charge in [0.2, 0.25) is 0 Å². The molecule has 0 aromatic carbocycles. The minimum absolute atomic E-state index is 0.298. The number of ether oxygens (including phenoxy) is 1. The Bertz CT molecular complexity index is 313. The molecule has 1 N–H and O–H groups in total. The van der Waals surface area contributed by atoms with Crippen LogP contribution in [0.15, 0.2) is 4.99 Å². The fourth-order valence-electron chi connectivity index (χ4n) is 3.07. The van der Waals surface area contributed by atoms with Crippen molar-refractivity contribution in [2.75, 3.05) is 19.0 Å². The van der Waals surface area contributed by atoms with Gasteiger partial charge in [-0.1, -0.05) is 18.7 Å². The van der Waals surface area contributed by atoms with Crippen LogP contribution in [0.2, 0.25) is 0 Å². The molecule has 4 heteroatoms. The van der Waals surface area contributed by atoms with E-state index in [0.717, 1.165) is 32.0 Å². The highest BCUT2D eigenvalue weighted by Gasteiger charge is 2.39. The third-order valence-electron chi connectivity index (χ3n) is 4.27. The summed E-state index contributed by atoms with van der Waals surface area (Å²) < 4.78 is 5.45. The normalized spacial score (nSPS) is 38.8. The molecule has 0 radical (unpaired) electrons. The zero-order chi connectivity index (χ0) is 11.7. The molecule has 3 aliphatic rings. The van der Waals surface area contributed by atoms with E-state index in [4.69, 9.17) is 9.73 Å². The SMILES string of the molecule is CC1CCC(N=C2NC3(CCOCC3)CS2)C1. The fraction of sp³-hybridized carbons (Fsp3) is 0.923. The Morgan fingerprint density at radius 1 is 1.35 bits per heavy atom. The summed E-state index contributed by atoms with van der Waals surface area (Å²) in [7, 11) is 0. The van der Waals surface area contributed by atoms with Crippen LogP contribution in [0.3, 0.4) is 0 Å². The maximum absolute atomic E-state index is 5.45. The van der Waals surface area contributed by atoms with Gasteiger partial charge in [0, 0.05) is 19.0 Å². The molecule has 3 rings (SSSR count). The van der Waals surface area contributed by atoms with E-state index in [0.29, 0.717) is 11.6 Å². The van der Waals surface area contributed by atoms with E-state index in [-0.39, 0.29) is 0 Å². The van der Waals surface area contributed by atoms with Gasteiger partial charge < -0.3 is 10.1 Å². The minimum Gasteiger partial charge on any atom is -0.381 e. The molecule has 1 spiro atoms. The maximum Gasteiger partial charge on any atom is 0.157 e. The lowest BCUT2D eigenvalue weighted by Gasteiger charge is -2.32. The van der Waals surface area contributed by atoms with E-state index in [1.807, 2.05) is 11.8 Å². The molecule has 0 amide bonds. The van der Waals surface area contributed by atoms with Gasteiger partial charge in [-0.05, 0) is 38.0 Å². The first kappa shape index (κ1) is 11.8. The molecule has 1 aliphatic carbocycles. The van der Waals surface area contributed by atoms with E-state index < -0.39 is 0 Å². The van der Waals surface area contributed by atoms with E-state index in [9.17, 15) is 0 Å². The summed E-state index contributed by atoms with van der Waals surface area (Å²) in [4.78, 5) is 4.90. The molecule has 1 saturated carbocycles. The van der Waals surface area contributed by atoms with Gasteiger partial charge in [0.25, 0.3) is 0 Å². The Hall–Kier alpha value is -0.220. The highest BCUT2D eigenvalue weighted by Crippen LogP contribution is 2.34. The van der Waals surface area contributed by atoms with Gasteiger partial charge in [-0.15, -0.1) is 0 Å². The van der Waals surface area contributed by atoms with Crippen molar-refractivity contribution in [2.45, 2.75) is 50.6 Å². The standard InChI is InChI=1S/C13H22N2OS/c1-10-2-3-11(8-10)14-12-15-13(9-17-12)4-6-16-7-5-13/h10-11H,2-9H2,1H3,(H,14,15). The second-order valence-electron chi connectivity index (χ2n) is 5.81. The quantitative estimate of drug-likeness (QED) is 0.780. The molecule has 0 bridgehead atoms. The van der Waals surface area contributed by atoms with Gasteiger partial charge >= 0.3 is 0 Å². The molecular weight excluding hydrogens is 232 g/mol. The van der Waals surface area contributed by atoms with Gasteiger partial charge in [-0.2, -0.15) is 0 Å². The first-order valence-corrected chi connectivity index (χ1v) is 7.81. The van der Waals surface area contributed by atoms with E-state index in [2.05, 4.69) is 12.2 Å². The van der Waals surface area contributed by atoms with Crippen molar-refractivity contribution in [2.24, 2.45) is 10.9 Å². The number of nitrogens with zero attached hydrogens (tertiary/aromatic N) is 1. The molecule has 0 aromatic heterocycles. The predicted octanol–water partition coefficient (Wildman–Crippen LogP) is 2.42. The van der Waals surface area contributed by atoms with Crippen LogP contribution in [0, 0.1) is 5.92 Å². The Kier molecular flexibility index (Phi) is 3.35. The van der Waals surface area contributed by atoms with E-state index in [1.54, 1.807) is 0 Å². The highest BCUT2D eigenvalue weighted by atomic mass is 32.2. The number of hydrogen-bond acceptors (Lipinski definition) is 3. The average molecular weight is 254 g/mol. The first-order valence-electron chi connectivity index (χ1n) is 6.82. The van der Waals surface area contributed by atoms with E-state index >= 15 is 0 Å². The lowest BCUT2D eigenvalue weighted by atomic mass is 9.93. The van der Waals surface area contributed by atoms with Crippen LogP contribution >= 0.6 is 11.8 Å². The molecule has 2 unspecified atom stereocenters. The second-order valence-corrected chi connectivity index (χ2v) is 6.78. The van der Waals surface area contributed by atoms with E-state index in [1.165, 1.54) is 30.2 Å². The third-order valence-corrected chi connectivity index (χ3v) is 5.45. The van der Waals surface area contributed by atoms with Gasteiger partial charge in [-0.3, -0.25) is 4.99 Å². The third kappa shape index (κ3) is 2.63. The molecule has 0 aromatic rings. The van der Waals surface area contributed by atoms with Gasteiger partial charge in [-0.25, -0.2) is 0 Å². The van der Waals surface area contributed by atoms with Crippen LogP contribution in [-0.4, -0.2) is 35.7 Å². The van der Waals surface area contributed by atoms with Gasteiger partial charge in [0.15, 0.2) is 5.17 Å². The Morgan fingerprint density at radius 2 is 2.18 bits per heavy atom. The summed E-state index contributed by atoms with van der Waals surface area (Å²) in [6, 6.07) is 0.579. The molecule has 2 saturated heterocycles. The maximum atomic E-state index is 5.45. The summed E-state index contributed by atoms with van der Waals surface area (Å²) in [5, 5.41) is 4.88. The molecule has 3 nitrogen and oxygen atoms in total. The highest BCUT2D eigenvalue weighted by molar-refractivity contribution is 8.14. The summed E-state index contributed by atoms with van der Waals surface area (Å²) in [5.41, 5.74) is 0.298. The molecule has 2 atom stereocenters. The summed E-state index contributed by atoms with van der Waals surface area (Å²) >= 11 is 1.92. The van der Waals surface area contributed by atoms with Crippen LogP contribution in [0.25, 0.3) is 0 Å². The zero-order valence-corrected chi connectivity index (χ0v) is 11.4. The van der Waals surface area contributed by atoms with Crippen molar-refractivity contribution in [3.63, 3.8) is 0 Å². The smallest absolute Gasteiger partial charge is 0.157 e. The van der Waals surface area contributed by atoms with Crippen LogP contribution in [0.1, 0.15) is 39.0 Å². The number of amidine groups is 1. The lowest BCUT2D eigenvalue weighted by Crippen LogP contribution is -2.48. The Morgan fingerprint density at radius 3 is 2.88 bits per heavy atom. The largest absolute Gasteiger partial charge is 0.381 e. The number of nitrogens with one attached hydrogen (secondary N) is 1. The van der Waals surface area contributed by atoms with Crippen molar-refractivity contribution < 1.29 is 4.74 Å². The molecule has 3 fully saturated rings. The monoisotopic (exact) mass is 254 g/mol. The first-order chi connectivity index (χ1) is 8.26. The van der Waals surface area contributed by atoms with Crippen LogP contribution in [0.5, 0.6) is 0 Å². The Balaban J connectivity index is 1.61. The molecular formula is C13H22N2OS. The molecule has 17 heavy (non-hydrogen) atoms. The zero-order valence-electron chi connectivity index (χ0n) is 10.6. The lowest BCUT2D eigenvalue weighted by molar-refractivity contribution is 0.0555. The van der Waals surface area contributed by atoms with Gasteiger partial charge in [0.05, 0.1) is 11.6 Å². The Labute approximate surface area is 108 Å².